The van der Waals surface area contributed by atoms with Gasteiger partial charge in [0.05, 0.1) is 11.9 Å². The lowest BCUT2D eigenvalue weighted by atomic mass is 9.79. The Morgan fingerprint density at radius 1 is 1.38 bits per heavy atom. The lowest BCUT2D eigenvalue weighted by Gasteiger charge is -2.34. The maximum atomic E-state index is 12.1. The molecule has 3 rings (SSSR count). The second kappa shape index (κ2) is 5.89. The quantitative estimate of drug-likeness (QED) is 0.520. The molecule has 0 aromatic rings. The van der Waals surface area contributed by atoms with Crippen LogP contribution in [0.5, 0.6) is 0 Å². The number of carbonyl (C=O) groups is 1. The molecule has 2 aliphatic heterocycles. The van der Waals surface area contributed by atoms with E-state index in [0.717, 1.165) is 5.57 Å². The van der Waals surface area contributed by atoms with E-state index < -0.39 is 28.7 Å². The third-order valence-corrected chi connectivity index (χ3v) is 5.51. The number of aliphatic hydroxyl groups excluding tert-OH is 1. The van der Waals surface area contributed by atoms with Gasteiger partial charge in [-0.3, -0.25) is 4.79 Å². The maximum Gasteiger partial charge on any atom is 0.190 e. The average molecular weight is 362 g/mol. The highest BCUT2D eigenvalue weighted by Gasteiger charge is 2.58. The molecule has 1 fully saturated rings. The largest absolute Gasteiger partial charge is 0.466 e. The zero-order valence-electron chi connectivity index (χ0n) is 15.7. The van der Waals surface area contributed by atoms with Gasteiger partial charge >= 0.3 is 0 Å². The van der Waals surface area contributed by atoms with Crippen LogP contribution in [0.3, 0.4) is 0 Å². The molecule has 3 N–H and O–H groups in total. The summed E-state index contributed by atoms with van der Waals surface area (Å²) in [5, 5.41) is 30.6. The fourth-order valence-electron chi connectivity index (χ4n) is 3.38. The highest BCUT2D eigenvalue weighted by Crippen LogP contribution is 2.49. The molecule has 0 bridgehead atoms. The minimum absolute atomic E-state index is 0.241. The Kier molecular flexibility index (Phi) is 4.31. The number of hydrogen-bond donors (Lipinski definition) is 3. The fraction of sp³-hybridized carbons (Fsp3) is 0.550. The van der Waals surface area contributed by atoms with Crippen LogP contribution in [0.2, 0.25) is 0 Å². The van der Waals surface area contributed by atoms with Gasteiger partial charge < -0.3 is 24.8 Å². The van der Waals surface area contributed by atoms with Crippen LogP contribution in [0.15, 0.2) is 47.0 Å². The van der Waals surface area contributed by atoms with Crippen molar-refractivity contribution in [1.29, 1.82) is 0 Å². The number of ketones is 1. The molecule has 5 atom stereocenters. The van der Waals surface area contributed by atoms with E-state index in [4.69, 9.17) is 9.47 Å². The standard InChI is InChI=1S/C20H26O6/c1-6-18(3,23)9-11(2)17-20(5,26-17)15-8-12-7-14(21)19(4,24)16(22)13(12)10-25-15/h7-10,16-17,22-24H,6H2,1-5H3/b11-9+/t16-,17+,18-,19-,20+/m1/s1. The number of hydrogen-bond acceptors (Lipinski definition) is 6. The van der Waals surface area contributed by atoms with Crippen LogP contribution < -0.4 is 0 Å². The summed E-state index contributed by atoms with van der Waals surface area (Å²) in [6.45, 7) is 8.70. The molecule has 3 aliphatic rings. The molecule has 0 amide bonds. The van der Waals surface area contributed by atoms with E-state index in [9.17, 15) is 20.1 Å². The lowest BCUT2D eigenvalue weighted by molar-refractivity contribution is -0.140. The Labute approximate surface area is 153 Å². The normalized spacial score (nSPS) is 39.2. The minimum atomic E-state index is -1.86. The number of ether oxygens (including phenoxy) is 2. The number of rotatable bonds is 4. The van der Waals surface area contributed by atoms with E-state index in [1.54, 1.807) is 19.1 Å². The number of carbonyl (C=O) groups excluding carboxylic acids is 1. The summed E-state index contributed by atoms with van der Waals surface area (Å²) in [6, 6.07) is 0. The molecule has 0 aromatic carbocycles. The Hall–Kier alpha value is -1.73. The molecule has 0 spiro atoms. The topological polar surface area (TPSA) is 99.5 Å². The summed E-state index contributed by atoms with van der Waals surface area (Å²) >= 11 is 0. The molecule has 1 saturated heterocycles. The minimum Gasteiger partial charge on any atom is -0.466 e. The molecular weight excluding hydrogens is 336 g/mol. The van der Waals surface area contributed by atoms with Gasteiger partial charge in [0.2, 0.25) is 0 Å². The van der Waals surface area contributed by atoms with Crippen molar-refractivity contribution in [1.82, 2.24) is 0 Å². The van der Waals surface area contributed by atoms with Crippen molar-refractivity contribution in [3.63, 3.8) is 0 Å². The average Bonchev–Trinajstić information content (AvgIpc) is 3.26. The molecule has 6 heteroatoms. The Bertz CT molecular complexity index is 767. The van der Waals surface area contributed by atoms with Crippen LogP contribution in [0, 0.1) is 0 Å². The number of aliphatic hydroxyl groups is 3. The van der Waals surface area contributed by atoms with Gasteiger partial charge in [-0.1, -0.05) is 13.0 Å². The van der Waals surface area contributed by atoms with Crippen molar-refractivity contribution >= 4 is 5.78 Å². The van der Waals surface area contributed by atoms with Crippen molar-refractivity contribution < 1.29 is 29.6 Å². The van der Waals surface area contributed by atoms with Crippen LogP contribution in [0.1, 0.15) is 41.0 Å². The third kappa shape index (κ3) is 2.97. The summed E-state index contributed by atoms with van der Waals surface area (Å²) in [5.41, 5.74) is -1.71. The SMILES string of the molecule is CC[C@@](C)(O)/C=C(\C)[C@@H]1O[C@@]1(C)C1=CC2=CC(=O)[C@@](C)(O)[C@H](O)C2=CO1. The molecule has 26 heavy (non-hydrogen) atoms. The van der Waals surface area contributed by atoms with Gasteiger partial charge in [0.1, 0.15) is 18.0 Å². The van der Waals surface area contributed by atoms with Gasteiger partial charge in [0.15, 0.2) is 17.0 Å². The van der Waals surface area contributed by atoms with Crippen molar-refractivity contribution in [2.75, 3.05) is 0 Å². The predicted molar refractivity (Wildman–Crippen MR) is 94.9 cm³/mol. The van der Waals surface area contributed by atoms with Gasteiger partial charge in [0, 0.05) is 5.57 Å². The van der Waals surface area contributed by atoms with E-state index in [-0.39, 0.29) is 6.10 Å². The van der Waals surface area contributed by atoms with Crippen LogP contribution in [-0.4, -0.2) is 50.1 Å². The first-order chi connectivity index (χ1) is 11.9. The summed E-state index contributed by atoms with van der Waals surface area (Å²) < 4.78 is 11.5. The van der Waals surface area contributed by atoms with Gasteiger partial charge in [-0.2, -0.15) is 0 Å². The zero-order valence-corrected chi connectivity index (χ0v) is 15.7. The molecule has 0 aromatic heterocycles. The third-order valence-electron chi connectivity index (χ3n) is 5.51. The predicted octanol–water partition coefficient (Wildman–Crippen LogP) is 1.67. The molecule has 6 nitrogen and oxygen atoms in total. The Morgan fingerprint density at radius 3 is 2.65 bits per heavy atom. The first-order valence-electron chi connectivity index (χ1n) is 8.78. The first-order valence-corrected chi connectivity index (χ1v) is 8.78. The van der Waals surface area contributed by atoms with E-state index in [2.05, 4.69) is 0 Å². The molecule has 142 valence electrons. The first kappa shape index (κ1) is 19.0. The lowest BCUT2D eigenvalue weighted by Crippen LogP contribution is -2.50. The van der Waals surface area contributed by atoms with Crippen molar-refractivity contribution in [3.05, 3.63) is 47.0 Å². The Morgan fingerprint density at radius 2 is 2.04 bits per heavy atom. The van der Waals surface area contributed by atoms with Crippen molar-refractivity contribution in [3.8, 4) is 0 Å². The number of allylic oxidation sites excluding steroid dienone is 1. The van der Waals surface area contributed by atoms with Crippen LogP contribution in [-0.2, 0) is 14.3 Å². The molecular formula is C20H26O6. The van der Waals surface area contributed by atoms with Crippen LogP contribution in [0.25, 0.3) is 0 Å². The van der Waals surface area contributed by atoms with Gasteiger partial charge in [-0.15, -0.1) is 0 Å². The van der Waals surface area contributed by atoms with Crippen LogP contribution in [0.4, 0.5) is 0 Å². The summed E-state index contributed by atoms with van der Waals surface area (Å²) in [7, 11) is 0. The van der Waals surface area contributed by atoms with E-state index >= 15 is 0 Å². The molecule has 0 saturated carbocycles. The highest BCUT2D eigenvalue weighted by molar-refractivity contribution is 6.01. The molecule has 0 unspecified atom stereocenters. The molecule has 1 aliphatic carbocycles. The van der Waals surface area contributed by atoms with Gasteiger partial charge in [-0.25, -0.2) is 0 Å². The van der Waals surface area contributed by atoms with Crippen molar-refractivity contribution in [2.45, 2.75) is 70.1 Å². The number of epoxide rings is 1. The fourth-order valence-corrected chi connectivity index (χ4v) is 3.38. The van der Waals surface area contributed by atoms with E-state index in [1.807, 2.05) is 20.8 Å². The second-order valence-electron chi connectivity index (χ2n) is 7.92. The van der Waals surface area contributed by atoms with E-state index in [0.29, 0.717) is 23.3 Å². The zero-order chi connectivity index (χ0) is 19.5. The highest BCUT2D eigenvalue weighted by atomic mass is 16.6. The molecule has 0 radical (unpaired) electrons. The smallest absolute Gasteiger partial charge is 0.190 e. The summed E-state index contributed by atoms with van der Waals surface area (Å²) in [6.07, 6.45) is 5.12. The van der Waals surface area contributed by atoms with Gasteiger partial charge in [0.25, 0.3) is 0 Å². The Balaban J connectivity index is 1.86. The van der Waals surface area contributed by atoms with Gasteiger partial charge in [-0.05, 0) is 57.4 Å². The van der Waals surface area contributed by atoms with E-state index in [1.165, 1.54) is 19.3 Å². The van der Waals surface area contributed by atoms with Crippen LogP contribution >= 0.6 is 0 Å². The summed E-state index contributed by atoms with van der Waals surface area (Å²) in [4.78, 5) is 12.1. The van der Waals surface area contributed by atoms with Crippen molar-refractivity contribution in [2.24, 2.45) is 0 Å². The monoisotopic (exact) mass is 362 g/mol. The second-order valence-corrected chi connectivity index (χ2v) is 7.92. The molecule has 2 heterocycles. The maximum absolute atomic E-state index is 12.1. The number of fused-ring (bicyclic) bond motifs is 1. The summed E-state index contributed by atoms with van der Waals surface area (Å²) in [5.74, 6) is -0.0360.